The van der Waals surface area contributed by atoms with Crippen LogP contribution in [0.2, 0.25) is 5.02 Å². The maximum Gasteiger partial charge on any atom is 0.265 e. The molecule has 23 heavy (non-hydrogen) atoms. The van der Waals surface area contributed by atoms with Gasteiger partial charge in [-0.15, -0.1) is 11.3 Å². The molecule has 3 rings (SSSR count). The van der Waals surface area contributed by atoms with Gasteiger partial charge in [-0.25, -0.2) is 4.98 Å². The maximum absolute atomic E-state index is 12.8. The lowest BCUT2D eigenvalue weighted by Crippen LogP contribution is -2.43. The number of nitrogens with zero attached hydrogens (tertiary/aromatic N) is 2. The second kappa shape index (κ2) is 6.99. The Bertz CT molecular complexity index is 692. The van der Waals surface area contributed by atoms with Crippen LogP contribution in [0.15, 0.2) is 24.3 Å². The molecule has 2 heterocycles. The second-order valence-electron chi connectivity index (χ2n) is 5.84. The number of hydrogen-bond acceptors (Lipinski definition) is 4. The van der Waals surface area contributed by atoms with Gasteiger partial charge in [-0.3, -0.25) is 4.79 Å². The van der Waals surface area contributed by atoms with Gasteiger partial charge in [0.2, 0.25) is 0 Å². The van der Waals surface area contributed by atoms with E-state index >= 15 is 0 Å². The van der Waals surface area contributed by atoms with Crippen molar-refractivity contribution in [3.05, 3.63) is 39.9 Å². The van der Waals surface area contributed by atoms with Crippen molar-refractivity contribution >= 4 is 28.8 Å². The van der Waals surface area contributed by atoms with Gasteiger partial charge in [-0.2, -0.15) is 0 Å². The molecule has 1 N–H and O–H groups in total. The van der Waals surface area contributed by atoms with Crippen molar-refractivity contribution in [2.24, 2.45) is 0 Å². The molecule has 0 saturated carbocycles. The van der Waals surface area contributed by atoms with Crippen molar-refractivity contribution in [1.29, 1.82) is 0 Å². The van der Waals surface area contributed by atoms with Gasteiger partial charge in [0.15, 0.2) is 0 Å². The monoisotopic (exact) mass is 349 g/mol. The van der Waals surface area contributed by atoms with Crippen molar-refractivity contribution in [1.82, 2.24) is 15.2 Å². The first kappa shape index (κ1) is 16.4. The number of thiazole rings is 1. The van der Waals surface area contributed by atoms with Crippen LogP contribution in [0.5, 0.6) is 0 Å². The van der Waals surface area contributed by atoms with E-state index in [0.717, 1.165) is 47.1 Å². The number of hydrogen-bond donors (Lipinski definition) is 1. The summed E-state index contributed by atoms with van der Waals surface area (Å²) in [6.45, 7) is 3.85. The number of carbonyl (C=O) groups is 1. The van der Waals surface area contributed by atoms with Crippen LogP contribution in [-0.2, 0) is 0 Å². The highest BCUT2D eigenvalue weighted by molar-refractivity contribution is 7.17. The third-order valence-electron chi connectivity index (χ3n) is 4.26. The van der Waals surface area contributed by atoms with Gasteiger partial charge < -0.3 is 10.2 Å². The molecule has 0 atom stereocenters. The zero-order valence-electron chi connectivity index (χ0n) is 13.3. The number of nitrogens with one attached hydrogen (secondary N) is 1. The van der Waals surface area contributed by atoms with Gasteiger partial charge in [0, 0.05) is 23.7 Å². The number of carbonyl (C=O) groups excluding carboxylic acids is 1. The Labute approximate surface area is 145 Å². The Kier molecular flexibility index (Phi) is 4.99. The zero-order chi connectivity index (χ0) is 16.4. The Morgan fingerprint density at radius 2 is 1.96 bits per heavy atom. The summed E-state index contributed by atoms with van der Waals surface area (Å²) in [5, 5.41) is 4.89. The highest BCUT2D eigenvalue weighted by Gasteiger charge is 2.26. The summed E-state index contributed by atoms with van der Waals surface area (Å²) < 4.78 is 0. The van der Waals surface area contributed by atoms with Gasteiger partial charge in [0.05, 0.1) is 5.69 Å². The number of halogens is 1. The third kappa shape index (κ3) is 3.57. The van der Waals surface area contributed by atoms with E-state index in [1.165, 1.54) is 11.3 Å². The van der Waals surface area contributed by atoms with Crippen LogP contribution in [0.25, 0.3) is 10.6 Å². The molecule has 1 aromatic heterocycles. The smallest absolute Gasteiger partial charge is 0.265 e. The molecule has 122 valence electrons. The minimum atomic E-state index is 0.0760. The van der Waals surface area contributed by atoms with Crippen LogP contribution in [0.3, 0.4) is 0 Å². The van der Waals surface area contributed by atoms with E-state index in [2.05, 4.69) is 10.3 Å². The molecule has 1 fully saturated rings. The Morgan fingerprint density at radius 1 is 1.30 bits per heavy atom. The molecule has 0 spiro atoms. The Hall–Kier alpha value is -1.43. The van der Waals surface area contributed by atoms with Crippen LogP contribution in [0.4, 0.5) is 0 Å². The summed E-state index contributed by atoms with van der Waals surface area (Å²) >= 11 is 7.39. The number of piperidine rings is 1. The number of aryl methyl sites for hydroxylation is 1. The van der Waals surface area contributed by atoms with Crippen LogP contribution in [-0.4, -0.2) is 42.0 Å². The molecule has 4 nitrogen and oxygen atoms in total. The normalized spacial score (nSPS) is 15.6. The molecule has 6 heteroatoms. The summed E-state index contributed by atoms with van der Waals surface area (Å²) in [5.74, 6) is 0.0760. The molecule has 1 saturated heterocycles. The predicted octanol–water partition coefficient (Wildman–Crippen LogP) is 3.60. The fraction of sp³-hybridized carbons (Fsp3) is 0.412. The van der Waals surface area contributed by atoms with Crippen LogP contribution in [0, 0.1) is 6.92 Å². The first-order valence-electron chi connectivity index (χ1n) is 7.77. The van der Waals surface area contributed by atoms with Crippen molar-refractivity contribution in [3.8, 4) is 10.6 Å². The summed E-state index contributed by atoms with van der Waals surface area (Å²) in [4.78, 5) is 20.0. The minimum absolute atomic E-state index is 0.0760. The Balaban J connectivity index is 1.82. The fourth-order valence-electron chi connectivity index (χ4n) is 2.83. The van der Waals surface area contributed by atoms with E-state index in [4.69, 9.17) is 11.6 Å². The lowest BCUT2D eigenvalue weighted by atomic mass is 10.1. The molecular weight excluding hydrogens is 330 g/mol. The maximum atomic E-state index is 12.8. The van der Waals surface area contributed by atoms with Crippen LogP contribution < -0.4 is 5.32 Å². The van der Waals surface area contributed by atoms with Crippen molar-refractivity contribution in [2.45, 2.75) is 25.8 Å². The zero-order valence-corrected chi connectivity index (χ0v) is 14.9. The molecule has 0 unspecified atom stereocenters. The highest BCUT2D eigenvalue weighted by Crippen LogP contribution is 2.30. The van der Waals surface area contributed by atoms with Crippen molar-refractivity contribution in [3.63, 3.8) is 0 Å². The van der Waals surface area contributed by atoms with Gasteiger partial charge in [0.25, 0.3) is 5.91 Å². The molecular formula is C17H20ClN3OS. The average molecular weight is 350 g/mol. The third-order valence-corrected chi connectivity index (χ3v) is 5.71. The fourth-order valence-corrected chi connectivity index (χ4v) is 4.01. The summed E-state index contributed by atoms with van der Waals surface area (Å²) in [5.41, 5.74) is 1.79. The Morgan fingerprint density at radius 3 is 2.61 bits per heavy atom. The van der Waals surface area contributed by atoms with E-state index in [1.54, 1.807) is 0 Å². The van der Waals surface area contributed by atoms with Crippen molar-refractivity contribution < 1.29 is 4.79 Å². The van der Waals surface area contributed by atoms with E-state index < -0.39 is 0 Å². The SMILES string of the molecule is Cc1nc(-c2ccc(Cl)cc2)sc1C(=O)N(C)C1CCNCC1. The summed E-state index contributed by atoms with van der Waals surface area (Å²) in [7, 11) is 1.90. The van der Waals surface area contributed by atoms with Gasteiger partial charge in [-0.05, 0) is 45.0 Å². The molecule has 1 aromatic carbocycles. The van der Waals surface area contributed by atoms with Crippen LogP contribution >= 0.6 is 22.9 Å². The van der Waals surface area contributed by atoms with Crippen molar-refractivity contribution in [2.75, 3.05) is 20.1 Å². The molecule has 1 aliphatic rings. The van der Waals surface area contributed by atoms with E-state index in [0.29, 0.717) is 11.1 Å². The highest BCUT2D eigenvalue weighted by atomic mass is 35.5. The van der Waals surface area contributed by atoms with Gasteiger partial charge in [-0.1, -0.05) is 23.7 Å². The van der Waals surface area contributed by atoms with E-state index in [9.17, 15) is 4.79 Å². The lowest BCUT2D eigenvalue weighted by Gasteiger charge is -2.31. The number of aromatic nitrogens is 1. The number of amides is 1. The standard InChI is InChI=1S/C17H20ClN3OS/c1-11-15(17(22)21(2)14-7-9-19-10-8-14)23-16(20-11)12-3-5-13(18)6-4-12/h3-6,14,19H,7-10H2,1-2H3. The quantitative estimate of drug-likeness (QED) is 0.920. The average Bonchev–Trinajstić information content (AvgIpc) is 2.96. The van der Waals surface area contributed by atoms with Gasteiger partial charge in [0.1, 0.15) is 9.88 Å². The second-order valence-corrected chi connectivity index (χ2v) is 7.27. The molecule has 0 radical (unpaired) electrons. The van der Waals surface area contributed by atoms with Gasteiger partial charge >= 0.3 is 0 Å². The largest absolute Gasteiger partial charge is 0.338 e. The minimum Gasteiger partial charge on any atom is -0.338 e. The number of benzene rings is 1. The predicted molar refractivity (Wildman–Crippen MR) is 95.3 cm³/mol. The number of rotatable bonds is 3. The molecule has 0 bridgehead atoms. The molecule has 1 aliphatic heterocycles. The van der Waals surface area contributed by atoms with E-state index in [-0.39, 0.29) is 5.91 Å². The summed E-state index contributed by atoms with van der Waals surface area (Å²) in [6, 6.07) is 7.87. The summed E-state index contributed by atoms with van der Waals surface area (Å²) in [6.07, 6.45) is 2.01. The van der Waals surface area contributed by atoms with E-state index in [1.807, 2.05) is 43.1 Å². The topological polar surface area (TPSA) is 45.2 Å². The first-order valence-corrected chi connectivity index (χ1v) is 8.97. The molecule has 1 amide bonds. The molecule has 0 aliphatic carbocycles. The lowest BCUT2D eigenvalue weighted by molar-refractivity contribution is 0.0707. The van der Waals surface area contributed by atoms with Crippen LogP contribution in [0.1, 0.15) is 28.2 Å². The first-order chi connectivity index (χ1) is 11.1. The molecule has 2 aromatic rings.